The molecule has 1 atom stereocenters. The molecule has 0 aliphatic rings. The smallest absolute Gasteiger partial charge is 0.127 e. The Bertz CT molecular complexity index is 549. The molecule has 0 bridgehead atoms. The zero-order valence-corrected chi connectivity index (χ0v) is 12.2. The second-order valence-corrected chi connectivity index (χ2v) is 5.18. The molecule has 0 fully saturated rings. The maximum absolute atomic E-state index is 13.5. The largest absolute Gasteiger partial charge is 0.378 e. The number of nitrogens with zero attached hydrogens (tertiary/aromatic N) is 1. The number of hydrogen-bond donors (Lipinski definition) is 1. The van der Waals surface area contributed by atoms with E-state index < -0.39 is 0 Å². The van der Waals surface area contributed by atoms with E-state index in [-0.39, 0.29) is 11.9 Å². The third-order valence-electron chi connectivity index (χ3n) is 3.47. The lowest BCUT2D eigenvalue weighted by Crippen LogP contribution is -2.19. The van der Waals surface area contributed by atoms with E-state index in [4.69, 9.17) is 0 Å². The molecule has 3 heteroatoms. The van der Waals surface area contributed by atoms with Crippen LogP contribution >= 0.6 is 0 Å². The Kier molecular flexibility index (Phi) is 4.74. The van der Waals surface area contributed by atoms with Crippen molar-refractivity contribution in [2.45, 2.75) is 19.5 Å². The topological polar surface area (TPSA) is 15.3 Å². The minimum absolute atomic E-state index is 0.157. The lowest BCUT2D eigenvalue weighted by atomic mass is 10.1. The lowest BCUT2D eigenvalue weighted by Gasteiger charge is -2.17. The van der Waals surface area contributed by atoms with E-state index in [0.717, 1.165) is 0 Å². The maximum Gasteiger partial charge on any atom is 0.127 e. The fourth-order valence-corrected chi connectivity index (χ4v) is 2.08. The summed E-state index contributed by atoms with van der Waals surface area (Å²) in [4.78, 5) is 2.07. The predicted molar refractivity (Wildman–Crippen MR) is 82.4 cm³/mol. The van der Waals surface area contributed by atoms with Crippen LogP contribution < -0.4 is 10.2 Å². The molecule has 2 nitrogen and oxygen atoms in total. The van der Waals surface area contributed by atoms with Crippen LogP contribution in [0.15, 0.2) is 48.5 Å². The molecule has 0 aliphatic carbocycles. The van der Waals surface area contributed by atoms with Crippen LogP contribution in [0.25, 0.3) is 0 Å². The Balaban J connectivity index is 1.98. The van der Waals surface area contributed by atoms with E-state index in [0.29, 0.717) is 12.1 Å². The van der Waals surface area contributed by atoms with Crippen molar-refractivity contribution < 1.29 is 4.39 Å². The van der Waals surface area contributed by atoms with Gasteiger partial charge in [-0.2, -0.15) is 0 Å². The van der Waals surface area contributed by atoms with Crippen molar-refractivity contribution in [1.29, 1.82) is 0 Å². The highest BCUT2D eigenvalue weighted by Crippen LogP contribution is 2.18. The average Bonchev–Trinajstić information content (AvgIpc) is 2.46. The first-order valence-electron chi connectivity index (χ1n) is 6.82. The van der Waals surface area contributed by atoms with Crippen LogP contribution in [0.3, 0.4) is 0 Å². The Labute approximate surface area is 120 Å². The zero-order chi connectivity index (χ0) is 14.5. The predicted octanol–water partition coefficient (Wildman–Crippen LogP) is 3.74. The second kappa shape index (κ2) is 6.53. The van der Waals surface area contributed by atoms with E-state index >= 15 is 0 Å². The van der Waals surface area contributed by atoms with Gasteiger partial charge in [0.05, 0.1) is 0 Å². The highest BCUT2D eigenvalue weighted by atomic mass is 19.1. The Morgan fingerprint density at radius 3 is 2.30 bits per heavy atom. The molecule has 2 aromatic carbocycles. The summed E-state index contributed by atoms with van der Waals surface area (Å²) in [7, 11) is 4.05. The van der Waals surface area contributed by atoms with Gasteiger partial charge in [-0.15, -0.1) is 0 Å². The van der Waals surface area contributed by atoms with Crippen molar-refractivity contribution >= 4 is 5.69 Å². The molecule has 1 N–H and O–H groups in total. The van der Waals surface area contributed by atoms with Gasteiger partial charge < -0.3 is 10.2 Å². The molecule has 0 aliphatic heterocycles. The fourth-order valence-electron chi connectivity index (χ4n) is 2.08. The molecule has 2 rings (SSSR count). The summed E-state index contributed by atoms with van der Waals surface area (Å²) < 4.78 is 13.5. The summed E-state index contributed by atoms with van der Waals surface area (Å²) in [5.74, 6) is -0.157. The number of nitrogens with one attached hydrogen (secondary N) is 1. The van der Waals surface area contributed by atoms with Crippen LogP contribution in [0.4, 0.5) is 10.1 Å². The summed E-state index contributed by atoms with van der Waals surface area (Å²) >= 11 is 0. The van der Waals surface area contributed by atoms with Crippen molar-refractivity contribution in [2.75, 3.05) is 19.0 Å². The quantitative estimate of drug-likeness (QED) is 0.892. The molecule has 0 saturated heterocycles. The van der Waals surface area contributed by atoms with Crippen LogP contribution in [0.1, 0.15) is 24.1 Å². The average molecular weight is 272 g/mol. The zero-order valence-electron chi connectivity index (χ0n) is 12.2. The highest BCUT2D eigenvalue weighted by Gasteiger charge is 2.07. The Hall–Kier alpha value is -1.87. The maximum atomic E-state index is 13.5. The van der Waals surface area contributed by atoms with Crippen LogP contribution in [-0.4, -0.2) is 14.1 Å². The number of halogens is 1. The van der Waals surface area contributed by atoms with Gasteiger partial charge in [-0.05, 0) is 30.7 Å². The summed E-state index contributed by atoms with van der Waals surface area (Å²) in [6.07, 6.45) is 0. The first kappa shape index (κ1) is 14.5. The van der Waals surface area contributed by atoms with E-state index in [2.05, 4.69) is 41.4 Å². The molecular weight excluding hydrogens is 251 g/mol. The number of anilines is 1. The summed E-state index contributed by atoms with van der Waals surface area (Å²) in [6.45, 7) is 2.62. The Morgan fingerprint density at radius 2 is 1.70 bits per heavy atom. The van der Waals surface area contributed by atoms with Gasteiger partial charge in [-0.25, -0.2) is 4.39 Å². The van der Waals surface area contributed by atoms with Crippen molar-refractivity contribution in [3.05, 3.63) is 65.5 Å². The van der Waals surface area contributed by atoms with E-state index in [1.54, 1.807) is 6.07 Å². The molecule has 1 unspecified atom stereocenters. The summed E-state index contributed by atoms with van der Waals surface area (Å²) in [5.41, 5.74) is 3.08. The minimum Gasteiger partial charge on any atom is -0.378 e. The van der Waals surface area contributed by atoms with Crippen molar-refractivity contribution in [3.63, 3.8) is 0 Å². The van der Waals surface area contributed by atoms with Gasteiger partial charge in [-0.3, -0.25) is 0 Å². The molecule has 0 heterocycles. The van der Waals surface area contributed by atoms with Crippen LogP contribution in [0, 0.1) is 5.82 Å². The highest BCUT2D eigenvalue weighted by molar-refractivity contribution is 5.46. The molecule has 0 amide bonds. The molecule has 0 aromatic heterocycles. The van der Waals surface area contributed by atoms with Gasteiger partial charge in [0.2, 0.25) is 0 Å². The van der Waals surface area contributed by atoms with Crippen molar-refractivity contribution in [3.8, 4) is 0 Å². The van der Waals surface area contributed by atoms with E-state index in [1.807, 2.05) is 26.2 Å². The van der Waals surface area contributed by atoms with Gasteiger partial charge in [0.25, 0.3) is 0 Å². The molecule has 106 valence electrons. The summed E-state index contributed by atoms with van der Waals surface area (Å²) in [6, 6.07) is 15.5. The minimum atomic E-state index is -0.157. The van der Waals surface area contributed by atoms with E-state index in [1.165, 1.54) is 17.3 Å². The Morgan fingerprint density at radius 1 is 1.05 bits per heavy atom. The van der Waals surface area contributed by atoms with Crippen molar-refractivity contribution in [2.24, 2.45) is 0 Å². The first-order chi connectivity index (χ1) is 9.58. The van der Waals surface area contributed by atoms with Crippen LogP contribution in [0.5, 0.6) is 0 Å². The molecule has 2 aromatic rings. The molecular formula is C17H21FN2. The fraction of sp³-hybridized carbons (Fsp3) is 0.294. The van der Waals surface area contributed by atoms with Crippen molar-refractivity contribution in [1.82, 2.24) is 5.32 Å². The second-order valence-electron chi connectivity index (χ2n) is 5.18. The number of benzene rings is 2. The van der Waals surface area contributed by atoms with Gasteiger partial charge in [-0.1, -0.05) is 30.3 Å². The molecule has 0 spiro atoms. The lowest BCUT2D eigenvalue weighted by molar-refractivity contribution is 0.544. The molecule has 0 radical (unpaired) electrons. The van der Waals surface area contributed by atoms with Crippen LogP contribution in [0.2, 0.25) is 0 Å². The first-order valence-corrected chi connectivity index (χ1v) is 6.82. The van der Waals surface area contributed by atoms with E-state index in [9.17, 15) is 4.39 Å². The SMILES string of the molecule is CC(NCc1ccccc1F)c1ccc(N(C)C)cc1. The number of hydrogen-bond acceptors (Lipinski definition) is 2. The molecule has 20 heavy (non-hydrogen) atoms. The monoisotopic (exact) mass is 272 g/mol. The number of rotatable bonds is 5. The normalized spacial score (nSPS) is 12.2. The summed E-state index contributed by atoms with van der Waals surface area (Å²) in [5, 5.41) is 3.35. The van der Waals surface area contributed by atoms with Gasteiger partial charge in [0.1, 0.15) is 5.82 Å². The van der Waals surface area contributed by atoms with Gasteiger partial charge in [0.15, 0.2) is 0 Å². The standard InChI is InChI=1S/C17H21FN2/c1-13(14-8-10-16(11-9-14)20(2)3)19-12-15-6-4-5-7-17(15)18/h4-11,13,19H,12H2,1-3H3. The third kappa shape index (κ3) is 3.58. The van der Waals surface area contributed by atoms with Gasteiger partial charge in [0, 0.05) is 37.9 Å². The van der Waals surface area contributed by atoms with Crippen LogP contribution in [-0.2, 0) is 6.54 Å². The van der Waals surface area contributed by atoms with Gasteiger partial charge >= 0.3 is 0 Å². The molecule has 0 saturated carbocycles. The third-order valence-corrected chi connectivity index (χ3v) is 3.47.